The van der Waals surface area contributed by atoms with Crippen molar-refractivity contribution in [3.05, 3.63) is 24.8 Å². The zero-order valence-electron chi connectivity index (χ0n) is 8.21. The first-order chi connectivity index (χ1) is 7.09. The number of phenolic OH excluding ortho intramolecular Hbond substituents is 1. The van der Waals surface area contributed by atoms with Gasteiger partial charge in [-0.05, 0) is 76.1 Å². The summed E-state index contributed by atoms with van der Waals surface area (Å²) in [7, 11) is 0. The number of hydrogen-bond donors (Lipinski definition) is 2. The third kappa shape index (κ3) is 2.41. The average molecular weight is 429 g/mol. The van der Waals surface area contributed by atoms with E-state index in [1.165, 1.54) is 19.3 Å². The average Bonchev–Trinajstić information content (AvgIpc) is 2.08. The van der Waals surface area contributed by atoms with Gasteiger partial charge in [0, 0.05) is 15.2 Å². The number of hydrogen-bond acceptors (Lipinski definition) is 2. The molecule has 1 fully saturated rings. The van der Waals surface area contributed by atoms with Crippen LogP contribution in [0.4, 0.5) is 0 Å². The molecule has 0 aromatic heterocycles. The highest BCUT2D eigenvalue weighted by atomic mass is 127. The lowest BCUT2D eigenvalue weighted by atomic mass is 9.77. The number of aromatic hydroxyl groups is 1. The first kappa shape index (κ1) is 11.9. The van der Waals surface area contributed by atoms with Gasteiger partial charge in [-0.2, -0.15) is 0 Å². The summed E-state index contributed by atoms with van der Waals surface area (Å²) in [6.45, 7) is 0. The third-order valence-electron chi connectivity index (χ3n) is 3.07. The lowest BCUT2D eigenvalue weighted by Crippen LogP contribution is -2.27. The van der Waals surface area contributed by atoms with Crippen molar-refractivity contribution >= 4 is 45.2 Å². The van der Waals surface area contributed by atoms with Crippen LogP contribution >= 0.6 is 45.2 Å². The van der Waals surface area contributed by atoms with Gasteiger partial charge in [-0.1, -0.05) is 6.42 Å². The van der Waals surface area contributed by atoms with E-state index in [9.17, 15) is 5.11 Å². The van der Waals surface area contributed by atoms with Gasteiger partial charge in [0.2, 0.25) is 0 Å². The van der Waals surface area contributed by atoms with Crippen LogP contribution in [0.15, 0.2) is 12.1 Å². The maximum Gasteiger partial charge on any atom is 0.133 e. The largest absolute Gasteiger partial charge is 0.506 e. The summed E-state index contributed by atoms with van der Waals surface area (Å²) in [5.41, 5.74) is 7.09. The second kappa shape index (κ2) is 4.75. The first-order valence-electron chi connectivity index (χ1n) is 5.03. The van der Waals surface area contributed by atoms with Crippen LogP contribution in [-0.4, -0.2) is 5.11 Å². The summed E-state index contributed by atoms with van der Waals surface area (Å²) in [6, 6.07) is 3.97. The van der Waals surface area contributed by atoms with Crippen LogP contribution in [0.1, 0.15) is 30.9 Å². The molecule has 2 nitrogen and oxygen atoms in total. The van der Waals surface area contributed by atoms with Crippen molar-refractivity contribution in [3.63, 3.8) is 0 Å². The van der Waals surface area contributed by atoms with Gasteiger partial charge in [0.15, 0.2) is 0 Å². The Morgan fingerprint density at radius 3 is 2.53 bits per heavy atom. The molecule has 1 aliphatic carbocycles. The molecular weight excluding hydrogens is 416 g/mol. The van der Waals surface area contributed by atoms with Gasteiger partial charge in [0.1, 0.15) is 5.75 Å². The molecule has 1 atom stereocenters. The molecule has 0 aliphatic heterocycles. The van der Waals surface area contributed by atoms with Gasteiger partial charge in [-0.25, -0.2) is 0 Å². The van der Waals surface area contributed by atoms with Crippen LogP contribution < -0.4 is 5.73 Å². The Labute approximate surface area is 117 Å². The fourth-order valence-electron chi connectivity index (χ4n) is 1.89. The molecule has 0 bridgehead atoms. The maximum absolute atomic E-state index is 9.97. The highest BCUT2D eigenvalue weighted by Gasteiger charge is 2.27. The van der Waals surface area contributed by atoms with Gasteiger partial charge in [0.05, 0.1) is 3.57 Å². The standard InChI is InChI=1S/C11H13I2NO/c12-7-4-8(11(15)9(13)5-7)10(14)6-2-1-3-6/h4-6,10,15H,1-3,14H2/t10-/m1/s1. The minimum atomic E-state index is 0.00184. The summed E-state index contributed by atoms with van der Waals surface area (Å²) in [5, 5.41) is 9.97. The number of phenols is 1. The highest BCUT2D eigenvalue weighted by Crippen LogP contribution is 2.40. The molecule has 2 rings (SSSR count). The molecule has 4 heteroatoms. The van der Waals surface area contributed by atoms with Crippen LogP contribution in [0.2, 0.25) is 0 Å². The van der Waals surface area contributed by atoms with E-state index in [1.807, 2.05) is 12.1 Å². The zero-order chi connectivity index (χ0) is 11.0. The number of rotatable bonds is 2. The third-order valence-corrected chi connectivity index (χ3v) is 4.52. The van der Waals surface area contributed by atoms with E-state index >= 15 is 0 Å². The molecule has 0 radical (unpaired) electrons. The fourth-order valence-corrected chi connectivity index (χ4v) is 3.78. The number of halogens is 2. The van der Waals surface area contributed by atoms with Crippen LogP contribution in [0, 0.1) is 13.1 Å². The van der Waals surface area contributed by atoms with Gasteiger partial charge in [0.25, 0.3) is 0 Å². The van der Waals surface area contributed by atoms with E-state index in [2.05, 4.69) is 45.2 Å². The Hall–Kier alpha value is 0.440. The minimum Gasteiger partial charge on any atom is -0.506 e. The minimum absolute atomic E-state index is 0.00184. The molecule has 0 unspecified atom stereocenters. The molecule has 15 heavy (non-hydrogen) atoms. The van der Waals surface area contributed by atoms with Crippen molar-refractivity contribution in [1.29, 1.82) is 0 Å². The molecule has 0 heterocycles. The monoisotopic (exact) mass is 429 g/mol. The summed E-state index contributed by atoms with van der Waals surface area (Å²) < 4.78 is 2.03. The smallest absolute Gasteiger partial charge is 0.133 e. The lowest BCUT2D eigenvalue weighted by Gasteiger charge is -2.32. The second-order valence-corrected chi connectivity index (χ2v) is 6.45. The van der Waals surface area contributed by atoms with E-state index in [0.717, 1.165) is 12.7 Å². The Kier molecular flexibility index (Phi) is 3.77. The van der Waals surface area contributed by atoms with E-state index < -0.39 is 0 Å². The Morgan fingerprint density at radius 1 is 1.33 bits per heavy atom. The predicted molar refractivity (Wildman–Crippen MR) is 77.8 cm³/mol. The molecule has 1 aromatic rings. The molecule has 0 amide bonds. The van der Waals surface area contributed by atoms with Crippen LogP contribution in [0.5, 0.6) is 5.75 Å². The number of benzene rings is 1. The van der Waals surface area contributed by atoms with Crippen molar-refractivity contribution in [2.75, 3.05) is 0 Å². The lowest BCUT2D eigenvalue weighted by molar-refractivity contribution is 0.260. The normalized spacial score (nSPS) is 18.6. The Morgan fingerprint density at radius 2 is 2.00 bits per heavy atom. The molecule has 1 aromatic carbocycles. The number of nitrogens with two attached hydrogens (primary N) is 1. The van der Waals surface area contributed by atoms with E-state index in [-0.39, 0.29) is 6.04 Å². The van der Waals surface area contributed by atoms with E-state index in [1.54, 1.807) is 0 Å². The maximum atomic E-state index is 9.97. The van der Waals surface area contributed by atoms with Gasteiger partial charge >= 0.3 is 0 Å². The molecule has 1 aliphatic rings. The summed E-state index contributed by atoms with van der Waals surface area (Å²) in [4.78, 5) is 0. The molecular formula is C11H13I2NO. The summed E-state index contributed by atoms with van der Waals surface area (Å²) >= 11 is 4.42. The van der Waals surface area contributed by atoms with Gasteiger partial charge in [-0.3, -0.25) is 0 Å². The predicted octanol–water partition coefficient (Wildman–Crippen LogP) is 3.40. The summed E-state index contributed by atoms with van der Waals surface area (Å²) in [6.07, 6.45) is 3.67. The van der Waals surface area contributed by atoms with Gasteiger partial charge < -0.3 is 10.8 Å². The fraction of sp³-hybridized carbons (Fsp3) is 0.455. The van der Waals surface area contributed by atoms with E-state index in [4.69, 9.17) is 5.73 Å². The molecule has 1 saturated carbocycles. The highest BCUT2D eigenvalue weighted by molar-refractivity contribution is 14.1. The van der Waals surface area contributed by atoms with Crippen LogP contribution in [-0.2, 0) is 0 Å². The van der Waals surface area contributed by atoms with Crippen molar-refractivity contribution in [2.45, 2.75) is 25.3 Å². The zero-order valence-corrected chi connectivity index (χ0v) is 12.5. The topological polar surface area (TPSA) is 46.2 Å². The first-order valence-corrected chi connectivity index (χ1v) is 7.19. The molecule has 0 saturated heterocycles. The second-order valence-electron chi connectivity index (χ2n) is 4.04. The van der Waals surface area contributed by atoms with Gasteiger partial charge in [-0.15, -0.1) is 0 Å². The molecule has 82 valence electrons. The Bertz CT molecular complexity index is 377. The van der Waals surface area contributed by atoms with Crippen LogP contribution in [0.25, 0.3) is 0 Å². The quantitative estimate of drug-likeness (QED) is 0.709. The van der Waals surface area contributed by atoms with E-state index in [0.29, 0.717) is 11.7 Å². The van der Waals surface area contributed by atoms with Crippen molar-refractivity contribution < 1.29 is 5.11 Å². The molecule has 3 N–H and O–H groups in total. The van der Waals surface area contributed by atoms with Crippen LogP contribution in [0.3, 0.4) is 0 Å². The SMILES string of the molecule is N[C@@H](c1cc(I)cc(I)c1O)C1CCC1. The summed E-state index contributed by atoms with van der Waals surface area (Å²) in [5.74, 6) is 0.931. The molecule has 0 spiro atoms. The Balaban J connectivity index is 2.33. The van der Waals surface area contributed by atoms with Crippen molar-refractivity contribution in [2.24, 2.45) is 11.7 Å². The van der Waals surface area contributed by atoms with Crippen molar-refractivity contribution in [3.8, 4) is 5.75 Å². The van der Waals surface area contributed by atoms with Crippen molar-refractivity contribution in [1.82, 2.24) is 0 Å².